The minimum atomic E-state index is -0.211. The molecule has 1 N–H and O–H groups in total. The molecule has 0 aliphatic carbocycles. The van der Waals surface area contributed by atoms with E-state index in [4.69, 9.17) is 9.47 Å². The minimum Gasteiger partial charge on any atom is -0.354 e. The molecule has 0 aromatic heterocycles. The predicted molar refractivity (Wildman–Crippen MR) is 77.7 cm³/mol. The lowest BCUT2D eigenvalue weighted by Crippen LogP contribution is -2.44. The Morgan fingerprint density at radius 1 is 1.11 bits per heavy atom. The number of ether oxygens (including phenoxy) is 2. The van der Waals surface area contributed by atoms with Crippen molar-refractivity contribution in [3.63, 3.8) is 0 Å². The normalized spacial score (nSPS) is 14.8. The van der Waals surface area contributed by atoms with Crippen molar-refractivity contribution in [1.82, 2.24) is 5.32 Å². The van der Waals surface area contributed by atoms with Crippen molar-refractivity contribution in [3.05, 3.63) is 34.3 Å². The molecule has 3 nitrogen and oxygen atoms in total. The highest BCUT2D eigenvalue weighted by atomic mass is 79.9. The van der Waals surface area contributed by atoms with Gasteiger partial charge in [0.15, 0.2) is 6.29 Å². The number of rotatable bonds is 7. The van der Waals surface area contributed by atoms with Gasteiger partial charge in [-0.25, -0.2) is 0 Å². The SMILES string of the molecule is COC(OC)C(C)NC(C)Cc1ccc(Br)cc1. The van der Waals surface area contributed by atoms with Gasteiger partial charge in [-0.1, -0.05) is 28.1 Å². The molecule has 0 amide bonds. The van der Waals surface area contributed by atoms with Crippen LogP contribution in [0.25, 0.3) is 0 Å². The number of nitrogens with one attached hydrogen (secondary N) is 1. The quantitative estimate of drug-likeness (QED) is 0.785. The second-order valence-corrected chi connectivity index (χ2v) is 5.44. The maximum absolute atomic E-state index is 5.24. The number of methoxy groups -OCH3 is 2. The van der Waals surface area contributed by atoms with Gasteiger partial charge in [0.05, 0.1) is 6.04 Å². The zero-order valence-electron chi connectivity index (χ0n) is 11.4. The summed E-state index contributed by atoms with van der Waals surface area (Å²) in [6.07, 6.45) is 0.773. The van der Waals surface area contributed by atoms with Crippen LogP contribution in [0.15, 0.2) is 28.7 Å². The Morgan fingerprint density at radius 3 is 2.17 bits per heavy atom. The summed E-state index contributed by atoms with van der Waals surface area (Å²) in [4.78, 5) is 0. The van der Waals surface area contributed by atoms with Crippen LogP contribution in [0.4, 0.5) is 0 Å². The summed E-state index contributed by atoms with van der Waals surface area (Å²) in [7, 11) is 3.32. The van der Waals surface area contributed by atoms with Gasteiger partial charge in [0.2, 0.25) is 0 Å². The zero-order chi connectivity index (χ0) is 13.5. The van der Waals surface area contributed by atoms with E-state index in [0.29, 0.717) is 6.04 Å². The summed E-state index contributed by atoms with van der Waals surface area (Å²) in [6, 6.07) is 8.94. The summed E-state index contributed by atoms with van der Waals surface area (Å²) < 4.78 is 11.6. The summed E-state index contributed by atoms with van der Waals surface area (Å²) in [5, 5.41) is 3.48. The minimum absolute atomic E-state index is 0.158. The zero-order valence-corrected chi connectivity index (χ0v) is 13.0. The van der Waals surface area contributed by atoms with Crippen molar-refractivity contribution < 1.29 is 9.47 Å². The van der Waals surface area contributed by atoms with E-state index in [1.165, 1.54) is 5.56 Å². The van der Waals surface area contributed by atoms with Gasteiger partial charge in [-0.2, -0.15) is 0 Å². The third-order valence-corrected chi connectivity index (χ3v) is 3.40. The van der Waals surface area contributed by atoms with Crippen molar-refractivity contribution >= 4 is 15.9 Å². The number of hydrogen-bond donors (Lipinski definition) is 1. The molecular formula is C14H22BrNO2. The van der Waals surface area contributed by atoms with Crippen LogP contribution in [0.1, 0.15) is 19.4 Å². The van der Waals surface area contributed by atoms with Crippen LogP contribution in [0.2, 0.25) is 0 Å². The predicted octanol–water partition coefficient (Wildman–Crippen LogP) is 2.98. The second kappa shape index (κ2) is 7.89. The molecule has 0 saturated heterocycles. The van der Waals surface area contributed by atoms with Gasteiger partial charge in [-0.05, 0) is 38.0 Å². The van der Waals surface area contributed by atoms with Crippen molar-refractivity contribution in [2.75, 3.05) is 14.2 Å². The summed E-state index contributed by atoms with van der Waals surface area (Å²) in [5.74, 6) is 0. The number of hydrogen-bond acceptors (Lipinski definition) is 3. The Hall–Kier alpha value is -0.420. The molecule has 0 radical (unpaired) electrons. The monoisotopic (exact) mass is 315 g/mol. The van der Waals surface area contributed by atoms with Gasteiger partial charge in [0.25, 0.3) is 0 Å². The lowest BCUT2D eigenvalue weighted by Gasteiger charge is -2.25. The molecule has 2 atom stereocenters. The van der Waals surface area contributed by atoms with Crippen molar-refractivity contribution in [2.45, 2.75) is 38.6 Å². The molecule has 0 aliphatic heterocycles. The molecule has 0 aliphatic rings. The van der Waals surface area contributed by atoms with E-state index in [0.717, 1.165) is 10.9 Å². The van der Waals surface area contributed by atoms with Crippen molar-refractivity contribution in [3.8, 4) is 0 Å². The maximum Gasteiger partial charge on any atom is 0.171 e. The van der Waals surface area contributed by atoms with Gasteiger partial charge in [-0.3, -0.25) is 0 Å². The first kappa shape index (κ1) is 15.6. The standard InChI is InChI=1S/C14H22BrNO2/c1-10(16-11(2)14(17-3)18-4)9-12-5-7-13(15)8-6-12/h5-8,10-11,14,16H,9H2,1-4H3. The summed E-state index contributed by atoms with van der Waals surface area (Å²) in [6.45, 7) is 4.23. The molecular weight excluding hydrogens is 294 g/mol. The first-order valence-electron chi connectivity index (χ1n) is 6.13. The molecule has 0 bridgehead atoms. The van der Waals surface area contributed by atoms with Crippen LogP contribution in [0, 0.1) is 0 Å². The van der Waals surface area contributed by atoms with Crippen LogP contribution in [-0.2, 0) is 15.9 Å². The molecule has 1 rings (SSSR count). The topological polar surface area (TPSA) is 30.5 Å². The third-order valence-electron chi connectivity index (χ3n) is 2.88. The Labute approximate surface area is 118 Å². The lowest BCUT2D eigenvalue weighted by molar-refractivity contribution is -0.120. The van der Waals surface area contributed by atoms with Gasteiger partial charge < -0.3 is 14.8 Å². The van der Waals surface area contributed by atoms with E-state index in [1.807, 2.05) is 0 Å². The maximum atomic E-state index is 5.24. The largest absolute Gasteiger partial charge is 0.354 e. The molecule has 18 heavy (non-hydrogen) atoms. The summed E-state index contributed by atoms with van der Waals surface area (Å²) >= 11 is 3.44. The lowest BCUT2D eigenvalue weighted by atomic mass is 10.1. The Bertz CT molecular complexity index is 338. The van der Waals surface area contributed by atoms with Crippen LogP contribution in [-0.4, -0.2) is 32.6 Å². The van der Waals surface area contributed by atoms with Crippen LogP contribution in [0.5, 0.6) is 0 Å². The summed E-state index contributed by atoms with van der Waals surface area (Å²) in [5.41, 5.74) is 1.32. The van der Waals surface area contributed by atoms with Crippen molar-refractivity contribution in [1.29, 1.82) is 0 Å². The molecule has 0 saturated carbocycles. The van der Waals surface area contributed by atoms with Gasteiger partial charge >= 0.3 is 0 Å². The molecule has 0 spiro atoms. The molecule has 4 heteroatoms. The van der Waals surface area contributed by atoms with E-state index in [-0.39, 0.29) is 12.3 Å². The van der Waals surface area contributed by atoms with Crippen molar-refractivity contribution in [2.24, 2.45) is 0 Å². The van der Waals surface area contributed by atoms with Gasteiger partial charge in [-0.15, -0.1) is 0 Å². The average molecular weight is 316 g/mol. The fourth-order valence-electron chi connectivity index (χ4n) is 2.06. The van der Waals surface area contributed by atoms with Crippen LogP contribution >= 0.6 is 15.9 Å². The first-order valence-corrected chi connectivity index (χ1v) is 6.92. The Balaban J connectivity index is 2.45. The van der Waals surface area contributed by atoms with E-state index in [1.54, 1.807) is 14.2 Å². The highest BCUT2D eigenvalue weighted by Gasteiger charge is 2.17. The molecule has 1 aromatic rings. The smallest absolute Gasteiger partial charge is 0.171 e. The Morgan fingerprint density at radius 2 is 1.67 bits per heavy atom. The molecule has 0 heterocycles. The Kier molecular flexibility index (Phi) is 6.86. The molecule has 2 unspecified atom stereocenters. The molecule has 102 valence electrons. The van der Waals surface area contributed by atoms with Gasteiger partial charge in [0.1, 0.15) is 0 Å². The highest BCUT2D eigenvalue weighted by Crippen LogP contribution is 2.12. The number of halogens is 1. The fourth-order valence-corrected chi connectivity index (χ4v) is 2.33. The molecule has 1 aromatic carbocycles. The third kappa shape index (κ3) is 5.06. The highest BCUT2D eigenvalue weighted by molar-refractivity contribution is 9.10. The van der Waals surface area contributed by atoms with E-state index < -0.39 is 0 Å². The fraction of sp³-hybridized carbons (Fsp3) is 0.571. The van der Waals surface area contributed by atoms with Gasteiger partial charge in [0, 0.05) is 24.7 Å². The van der Waals surface area contributed by atoms with Crippen LogP contribution in [0.3, 0.4) is 0 Å². The average Bonchev–Trinajstić information content (AvgIpc) is 2.33. The van der Waals surface area contributed by atoms with E-state index >= 15 is 0 Å². The first-order chi connectivity index (χ1) is 8.56. The number of benzene rings is 1. The van der Waals surface area contributed by atoms with E-state index in [9.17, 15) is 0 Å². The van der Waals surface area contributed by atoms with Crippen LogP contribution < -0.4 is 5.32 Å². The van der Waals surface area contributed by atoms with E-state index in [2.05, 4.69) is 59.4 Å². The molecule has 0 fully saturated rings. The second-order valence-electron chi connectivity index (χ2n) is 4.53.